The topological polar surface area (TPSA) is 110 Å². The molecule has 2 N–H and O–H groups in total. The minimum absolute atomic E-state index is 0.258. The minimum Gasteiger partial charge on any atom is -0.462 e. The number of esters is 2. The highest BCUT2D eigenvalue weighted by molar-refractivity contribution is 5.99. The van der Waals surface area contributed by atoms with Gasteiger partial charge in [-0.3, -0.25) is 0 Å². The molecule has 9 rings (SSSR count). The molecule has 0 radical (unpaired) electrons. The summed E-state index contributed by atoms with van der Waals surface area (Å²) in [5.74, 6) is -1.52. The monoisotopic (exact) mass is 846 g/mol. The summed E-state index contributed by atoms with van der Waals surface area (Å²) in [5.41, 5.74) is 12.4. The Labute approximate surface area is 367 Å². The summed E-state index contributed by atoms with van der Waals surface area (Å²) in [5, 5.41) is 0. The van der Waals surface area contributed by atoms with E-state index in [2.05, 4.69) is 9.97 Å². The molecular weight excluding hydrogens is 807 g/mol. The van der Waals surface area contributed by atoms with Crippen molar-refractivity contribution in [2.24, 2.45) is 0 Å². The Morgan fingerprint density at radius 3 is 1.28 bits per heavy atom. The Balaban J connectivity index is 1.36. The molecule has 0 saturated heterocycles. The second-order valence-electron chi connectivity index (χ2n) is 15.0. The van der Waals surface area contributed by atoms with Crippen LogP contribution in [0, 0.1) is 11.6 Å². The standard InChI is InChI=1S/C54H40F2N4O4/c1-3-63-53(61)37-17-13-35(14-18-37)51-47-27-23-43(57-47)41(21-11-33-7-5-9-39(55)31-33)45-25-29-49(59-45)52(36-15-19-38(20-16-36)54(62)64-4-2)50-30-26-46(60-50)42(44-24-28-48(51)58-44)22-12-34-8-6-10-40(56)32-34/h5-32,57,60H,3-4H2,1-2H3/b21-11+,22-12+,43-41?,44-42?,45-41?,46-42?,51-47?,51-48?,52-49?,52-50?. The summed E-state index contributed by atoms with van der Waals surface area (Å²) in [6.07, 6.45) is 15.3. The van der Waals surface area contributed by atoms with Crippen LogP contribution in [0.25, 0.3) is 92.9 Å². The number of H-pyrrole nitrogens is 2. The molecule has 314 valence electrons. The highest BCUT2D eigenvalue weighted by atomic mass is 19.1. The van der Waals surface area contributed by atoms with E-state index in [4.69, 9.17) is 19.4 Å². The Morgan fingerprint density at radius 2 is 0.891 bits per heavy atom. The van der Waals surface area contributed by atoms with Gasteiger partial charge in [0.15, 0.2) is 0 Å². The van der Waals surface area contributed by atoms with Gasteiger partial charge in [-0.1, -0.05) is 72.8 Å². The second-order valence-corrected chi connectivity index (χ2v) is 15.0. The summed E-state index contributed by atoms with van der Waals surface area (Å²) in [6, 6.07) is 35.1. The smallest absolute Gasteiger partial charge is 0.338 e. The number of hydrogen-bond donors (Lipinski definition) is 2. The van der Waals surface area contributed by atoms with Gasteiger partial charge in [0.1, 0.15) is 11.6 Å². The van der Waals surface area contributed by atoms with Crippen molar-refractivity contribution in [2.45, 2.75) is 13.8 Å². The summed E-state index contributed by atoms with van der Waals surface area (Å²) in [6.45, 7) is 4.05. The summed E-state index contributed by atoms with van der Waals surface area (Å²) >= 11 is 0. The molecule has 2 aliphatic rings. The quantitative estimate of drug-likeness (QED) is 0.133. The van der Waals surface area contributed by atoms with Gasteiger partial charge < -0.3 is 19.4 Å². The average molecular weight is 847 g/mol. The third-order valence-electron chi connectivity index (χ3n) is 10.8. The highest BCUT2D eigenvalue weighted by Gasteiger charge is 2.18. The van der Waals surface area contributed by atoms with Gasteiger partial charge in [0.05, 0.1) is 47.1 Å². The number of fused-ring (bicyclic) bond motifs is 8. The molecule has 7 aromatic rings. The third-order valence-corrected chi connectivity index (χ3v) is 10.8. The number of hydrogen-bond acceptors (Lipinski definition) is 6. The predicted octanol–water partition coefficient (Wildman–Crippen LogP) is 13.0. The van der Waals surface area contributed by atoms with Crippen LogP contribution < -0.4 is 0 Å². The average Bonchev–Trinajstić information content (AvgIpc) is 4.15. The van der Waals surface area contributed by atoms with E-state index in [0.717, 1.165) is 55.4 Å². The number of ether oxygens (including phenoxy) is 2. The van der Waals surface area contributed by atoms with Crippen LogP contribution in [0.4, 0.5) is 8.78 Å². The van der Waals surface area contributed by atoms with Crippen molar-refractivity contribution in [3.8, 4) is 22.3 Å². The first-order chi connectivity index (χ1) is 31.2. The molecule has 8 nitrogen and oxygen atoms in total. The van der Waals surface area contributed by atoms with Crippen LogP contribution in [0.15, 0.2) is 121 Å². The maximum absolute atomic E-state index is 14.4. The van der Waals surface area contributed by atoms with Crippen LogP contribution in [0.2, 0.25) is 0 Å². The molecule has 0 spiro atoms. The lowest BCUT2D eigenvalue weighted by Crippen LogP contribution is -2.04. The highest BCUT2D eigenvalue weighted by Crippen LogP contribution is 2.35. The van der Waals surface area contributed by atoms with Gasteiger partial charge >= 0.3 is 11.9 Å². The molecule has 0 saturated carbocycles. The van der Waals surface area contributed by atoms with Crippen molar-refractivity contribution in [1.29, 1.82) is 0 Å². The van der Waals surface area contributed by atoms with Crippen molar-refractivity contribution < 1.29 is 27.8 Å². The Hall–Kier alpha value is -8.24. The molecule has 64 heavy (non-hydrogen) atoms. The zero-order valence-electron chi connectivity index (χ0n) is 34.9. The number of nitrogens with one attached hydrogen (secondary N) is 2. The molecule has 0 aliphatic carbocycles. The first kappa shape index (κ1) is 41.1. The molecule has 3 aromatic heterocycles. The van der Waals surface area contributed by atoms with E-state index in [1.165, 1.54) is 24.3 Å². The molecule has 2 aliphatic heterocycles. The van der Waals surface area contributed by atoms with Crippen molar-refractivity contribution in [3.63, 3.8) is 0 Å². The van der Waals surface area contributed by atoms with Crippen LogP contribution in [0.5, 0.6) is 0 Å². The molecule has 0 amide bonds. The molecular formula is C54H40F2N4O4. The Kier molecular flexibility index (Phi) is 11.6. The van der Waals surface area contributed by atoms with Gasteiger partial charge in [-0.15, -0.1) is 0 Å². The van der Waals surface area contributed by atoms with Gasteiger partial charge in [0.25, 0.3) is 0 Å². The van der Waals surface area contributed by atoms with Gasteiger partial charge in [-0.2, -0.15) is 0 Å². The second kappa shape index (κ2) is 18.0. The fourth-order valence-electron chi connectivity index (χ4n) is 7.76. The maximum atomic E-state index is 14.4. The number of rotatable bonds is 10. The minimum atomic E-state index is -0.414. The molecule has 8 bridgehead atoms. The van der Waals surface area contributed by atoms with Crippen LogP contribution in [-0.4, -0.2) is 45.1 Å². The molecule has 10 heteroatoms. The van der Waals surface area contributed by atoms with Crippen molar-refractivity contribution >= 4 is 82.6 Å². The van der Waals surface area contributed by atoms with Crippen molar-refractivity contribution in [3.05, 3.63) is 189 Å². The van der Waals surface area contributed by atoms with Crippen LogP contribution >= 0.6 is 0 Å². The third kappa shape index (κ3) is 8.62. The lowest BCUT2D eigenvalue weighted by molar-refractivity contribution is 0.0517. The zero-order chi connectivity index (χ0) is 44.2. The van der Waals surface area contributed by atoms with Crippen molar-refractivity contribution in [1.82, 2.24) is 19.9 Å². The fraction of sp³-hybridized carbons (Fsp3) is 0.0741. The SMILES string of the molecule is CCOC(=O)c1ccc(-c2c3nc(c(/C=C/c4cccc(F)c4)c4ccc([nH]4)c(-c4ccc(C(=O)OCC)cc4)c4nc(c(/C=C/c5cccc(F)c5)c5ccc2[nH]5)C=C4)C=C3)cc1. The number of aromatic amines is 2. The van der Waals surface area contributed by atoms with Gasteiger partial charge in [0, 0.05) is 44.3 Å². The normalized spacial score (nSPS) is 12.1. The van der Waals surface area contributed by atoms with E-state index in [-0.39, 0.29) is 24.8 Å². The van der Waals surface area contributed by atoms with Gasteiger partial charge in [-0.05, 0) is 133 Å². The Morgan fingerprint density at radius 1 is 0.500 bits per heavy atom. The maximum Gasteiger partial charge on any atom is 0.338 e. The lowest BCUT2D eigenvalue weighted by Gasteiger charge is -2.07. The van der Waals surface area contributed by atoms with Crippen LogP contribution in [0.1, 0.15) is 79.6 Å². The van der Waals surface area contributed by atoms with Crippen molar-refractivity contribution in [2.75, 3.05) is 13.2 Å². The largest absolute Gasteiger partial charge is 0.462 e. The van der Waals surface area contributed by atoms with Gasteiger partial charge in [0.2, 0.25) is 0 Å². The number of benzene rings is 4. The number of aromatic nitrogens is 4. The van der Waals surface area contributed by atoms with Crippen LogP contribution in [0.3, 0.4) is 0 Å². The Bertz CT molecular complexity index is 3030. The van der Waals surface area contributed by atoms with E-state index in [1.807, 2.05) is 109 Å². The zero-order valence-corrected chi connectivity index (χ0v) is 34.9. The summed E-state index contributed by atoms with van der Waals surface area (Å²) in [7, 11) is 0. The molecule has 0 atom stereocenters. The van der Waals surface area contributed by atoms with E-state index in [1.54, 1.807) is 50.2 Å². The lowest BCUT2D eigenvalue weighted by atomic mass is 10.0. The van der Waals surface area contributed by atoms with E-state index in [0.29, 0.717) is 45.0 Å². The van der Waals surface area contributed by atoms with E-state index < -0.39 is 11.9 Å². The predicted molar refractivity (Wildman–Crippen MR) is 252 cm³/mol. The van der Waals surface area contributed by atoms with Gasteiger partial charge in [-0.25, -0.2) is 28.3 Å². The summed E-state index contributed by atoms with van der Waals surface area (Å²) < 4.78 is 39.3. The summed E-state index contributed by atoms with van der Waals surface area (Å²) in [4.78, 5) is 43.1. The molecule has 0 fully saturated rings. The number of halogens is 2. The fourth-order valence-corrected chi connectivity index (χ4v) is 7.76. The number of carbonyl (C=O) groups excluding carboxylic acids is 2. The molecule has 4 aromatic carbocycles. The number of carbonyl (C=O) groups is 2. The van der Waals surface area contributed by atoms with Crippen LogP contribution in [-0.2, 0) is 9.47 Å². The number of nitrogens with zero attached hydrogens (tertiary/aromatic N) is 2. The molecule has 0 unspecified atom stereocenters. The first-order valence-electron chi connectivity index (χ1n) is 20.8. The first-order valence-corrected chi connectivity index (χ1v) is 20.8. The van der Waals surface area contributed by atoms with E-state index >= 15 is 0 Å². The van der Waals surface area contributed by atoms with E-state index in [9.17, 15) is 18.4 Å². The molecule has 5 heterocycles.